The minimum absolute atomic E-state index is 0.0498. The summed E-state index contributed by atoms with van der Waals surface area (Å²) in [5.74, 6) is 0.276. The quantitative estimate of drug-likeness (QED) is 0.408. The number of carbonyl (C=O) groups excluding carboxylic acids is 1. The van der Waals surface area contributed by atoms with Crippen LogP contribution >= 0.6 is 0 Å². The average molecular weight is 201 g/mol. The lowest BCUT2D eigenvalue weighted by molar-refractivity contribution is -0.145. The van der Waals surface area contributed by atoms with Crippen molar-refractivity contribution in [3.05, 3.63) is 19.7 Å². The standard InChI is InChI=1S/C5H8O4.C2H3N.C2H4/c1-9-5(8)3-2-4(6)7;1-2-3;1-2/h2-3H2,1H3,(H,6,7);3H,1H2;1-2H2. The van der Waals surface area contributed by atoms with Gasteiger partial charge in [-0.15, -0.1) is 13.2 Å². The molecule has 14 heavy (non-hydrogen) atoms. The highest BCUT2D eigenvalue weighted by molar-refractivity contribution is 5.76. The van der Waals surface area contributed by atoms with Gasteiger partial charge in [0.1, 0.15) is 0 Å². The Morgan fingerprint density at radius 3 is 2.00 bits per heavy atom. The number of hydrogen-bond donors (Lipinski definition) is 2. The second kappa shape index (κ2) is 17.3. The average Bonchev–Trinajstić information content (AvgIpc) is 2.18. The van der Waals surface area contributed by atoms with Crippen molar-refractivity contribution < 1.29 is 19.4 Å². The highest BCUT2D eigenvalue weighted by Gasteiger charge is 2.02. The van der Waals surface area contributed by atoms with Gasteiger partial charge >= 0.3 is 11.9 Å². The van der Waals surface area contributed by atoms with Crippen LogP contribution in [0.5, 0.6) is 0 Å². The molecule has 5 nitrogen and oxygen atoms in total. The number of carboxylic acid groups (broad SMARTS) is 1. The number of carboxylic acids is 1. The molecule has 0 aliphatic heterocycles. The van der Waals surface area contributed by atoms with Crippen LogP contribution in [0.15, 0.2) is 19.7 Å². The molecule has 0 aromatic carbocycles. The summed E-state index contributed by atoms with van der Waals surface area (Å²) in [5.41, 5.74) is 0. The lowest BCUT2D eigenvalue weighted by Crippen LogP contribution is -2.04. The number of rotatable bonds is 3. The van der Waals surface area contributed by atoms with Gasteiger partial charge in [0.05, 0.1) is 20.0 Å². The van der Waals surface area contributed by atoms with Crippen LogP contribution in [0.1, 0.15) is 12.8 Å². The van der Waals surface area contributed by atoms with Crippen LogP contribution in [0, 0.1) is 5.41 Å². The maximum Gasteiger partial charge on any atom is 0.306 e. The highest BCUT2D eigenvalue weighted by Crippen LogP contribution is 1.89. The molecule has 0 radical (unpaired) electrons. The number of ether oxygens (including phenoxy) is 1. The van der Waals surface area contributed by atoms with Gasteiger partial charge in [-0.05, 0) is 12.4 Å². The first-order valence-corrected chi connectivity index (χ1v) is 3.55. The summed E-state index contributed by atoms with van der Waals surface area (Å²) in [4.78, 5) is 20.0. The molecule has 0 spiro atoms. The van der Waals surface area contributed by atoms with E-state index in [1.807, 2.05) is 0 Å². The van der Waals surface area contributed by atoms with E-state index in [0.717, 1.165) is 0 Å². The summed E-state index contributed by atoms with van der Waals surface area (Å²) in [7, 11) is 1.23. The summed E-state index contributed by atoms with van der Waals surface area (Å²) < 4.78 is 4.20. The molecule has 0 fully saturated rings. The molecule has 0 aliphatic rings. The largest absolute Gasteiger partial charge is 0.481 e. The van der Waals surface area contributed by atoms with Crippen LogP contribution in [-0.2, 0) is 14.3 Å². The van der Waals surface area contributed by atoms with Crippen LogP contribution in [0.2, 0.25) is 0 Å². The van der Waals surface area contributed by atoms with Crippen molar-refractivity contribution >= 4 is 17.8 Å². The van der Waals surface area contributed by atoms with Gasteiger partial charge in [-0.3, -0.25) is 15.0 Å². The molecule has 0 heterocycles. The van der Waals surface area contributed by atoms with Gasteiger partial charge in [0.25, 0.3) is 0 Å². The van der Waals surface area contributed by atoms with Crippen molar-refractivity contribution in [2.45, 2.75) is 12.8 Å². The van der Waals surface area contributed by atoms with E-state index in [-0.39, 0.29) is 12.8 Å². The Bertz CT molecular complexity index is 195. The number of methoxy groups -OCH3 is 1. The lowest BCUT2D eigenvalue weighted by atomic mass is 10.3. The van der Waals surface area contributed by atoms with Crippen molar-refractivity contribution in [3.8, 4) is 0 Å². The van der Waals surface area contributed by atoms with Crippen molar-refractivity contribution in [2.24, 2.45) is 0 Å². The van der Waals surface area contributed by atoms with E-state index >= 15 is 0 Å². The molecular formula is C9H15NO4. The van der Waals surface area contributed by atoms with Crippen LogP contribution in [0.4, 0.5) is 0 Å². The third-order valence-electron chi connectivity index (χ3n) is 0.771. The Morgan fingerprint density at radius 1 is 1.43 bits per heavy atom. The van der Waals surface area contributed by atoms with Crippen molar-refractivity contribution in [2.75, 3.05) is 7.11 Å². The number of nitrogens with one attached hydrogen (secondary N) is 1. The molecular weight excluding hydrogens is 186 g/mol. The van der Waals surface area contributed by atoms with Gasteiger partial charge in [-0.2, -0.15) is 0 Å². The van der Waals surface area contributed by atoms with Crippen molar-refractivity contribution in [1.29, 1.82) is 5.41 Å². The van der Waals surface area contributed by atoms with E-state index in [1.54, 1.807) is 5.87 Å². The van der Waals surface area contributed by atoms with E-state index < -0.39 is 11.9 Å². The van der Waals surface area contributed by atoms with E-state index in [1.165, 1.54) is 7.11 Å². The monoisotopic (exact) mass is 201 g/mol. The Hall–Kier alpha value is -1.87. The topological polar surface area (TPSA) is 87.5 Å². The molecule has 0 unspecified atom stereocenters. The fourth-order valence-electron chi connectivity index (χ4n) is 0.311. The summed E-state index contributed by atoms with van der Waals surface area (Å²) in [6.45, 7) is 8.90. The van der Waals surface area contributed by atoms with Crippen LogP contribution < -0.4 is 0 Å². The number of carbonyl (C=O) groups is 2. The predicted molar refractivity (Wildman–Crippen MR) is 53.5 cm³/mol. The van der Waals surface area contributed by atoms with Crippen LogP contribution in [0.25, 0.3) is 0 Å². The van der Waals surface area contributed by atoms with Crippen LogP contribution in [0.3, 0.4) is 0 Å². The van der Waals surface area contributed by atoms with Crippen LogP contribution in [-0.4, -0.2) is 30.0 Å². The first-order valence-electron chi connectivity index (χ1n) is 3.55. The molecule has 0 bridgehead atoms. The number of hydrogen-bond acceptors (Lipinski definition) is 4. The lowest BCUT2D eigenvalue weighted by Gasteiger charge is -1.92. The maximum atomic E-state index is 10.2. The minimum Gasteiger partial charge on any atom is -0.481 e. The summed E-state index contributed by atoms with van der Waals surface area (Å²) in [6, 6.07) is 0. The van der Waals surface area contributed by atoms with Gasteiger partial charge in [0.15, 0.2) is 0 Å². The SMILES string of the molecule is C=C.C=C=N.COC(=O)CCC(=O)O. The predicted octanol–water partition coefficient (Wildman–Crippen LogP) is 1.25. The first-order chi connectivity index (χ1) is 6.58. The van der Waals surface area contributed by atoms with Crippen molar-refractivity contribution in [1.82, 2.24) is 0 Å². The maximum absolute atomic E-state index is 10.2. The molecule has 0 aromatic rings. The number of esters is 1. The molecule has 0 amide bonds. The molecule has 5 heteroatoms. The van der Waals surface area contributed by atoms with E-state index in [0.29, 0.717) is 0 Å². The second-order valence-electron chi connectivity index (χ2n) is 1.65. The van der Waals surface area contributed by atoms with Gasteiger partial charge in [0.2, 0.25) is 0 Å². The zero-order valence-electron chi connectivity index (χ0n) is 8.21. The Labute approximate surface area is 83.2 Å². The third kappa shape index (κ3) is 32.1. The molecule has 0 aromatic heterocycles. The normalized spacial score (nSPS) is 6.36. The second-order valence-corrected chi connectivity index (χ2v) is 1.65. The zero-order chi connectivity index (χ0) is 12.0. The molecule has 0 saturated carbocycles. The molecule has 2 N–H and O–H groups in total. The Kier molecular flexibility index (Phi) is 22.2. The summed E-state index contributed by atoms with van der Waals surface area (Å²) in [6.07, 6.45) is -0.210. The van der Waals surface area contributed by atoms with E-state index in [9.17, 15) is 9.59 Å². The molecule has 0 saturated heterocycles. The Balaban J connectivity index is -0.000000205. The third-order valence-corrected chi connectivity index (χ3v) is 0.771. The Morgan fingerprint density at radius 2 is 1.79 bits per heavy atom. The minimum atomic E-state index is -0.986. The van der Waals surface area contributed by atoms with Gasteiger partial charge < -0.3 is 9.84 Å². The van der Waals surface area contributed by atoms with Gasteiger partial charge in [-0.1, -0.05) is 0 Å². The fourth-order valence-corrected chi connectivity index (χ4v) is 0.311. The van der Waals surface area contributed by atoms with Crippen molar-refractivity contribution in [3.63, 3.8) is 0 Å². The molecule has 80 valence electrons. The molecule has 0 rings (SSSR count). The first kappa shape index (κ1) is 18.0. The molecule has 0 aliphatic carbocycles. The van der Waals surface area contributed by atoms with E-state index in [4.69, 9.17) is 10.5 Å². The van der Waals surface area contributed by atoms with Gasteiger partial charge in [-0.25, -0.2) is 0 Å². The van der Waals surface area contributed by atoms with Gasteiger partial charge in [0, 0.05) is 0 Å². The highest BCUT2D eigenvalue weighted by atomic mass is 16.5. The number of aliphatic carboxylic acids is 1. The molecule has 0 atom stereocenters. The van der Waals surface area contributed by atoms with E-state index in [2.05, 4.69) is 24.5 Å². The fraction of sp³-hybridized carbons (Fsp3) is 0.333. The smallest absolute Gasteiger partial charge is 0.306 e. The zero-order valence-corrected chi connectivity index (χ0v) is 8.21. The summed E-state index contributed by atoms with van der Waals surface area (Å²) in [5, 5.41) is 13.9. The summed E-state index contributed by atoms with van der Waals surface area (Å²) >= 11 is 0.